The molecule has 0 N–H and O–H groups in total. The van der Waals surface area contributed by atoms with Crippen LogP contribution in [-0.4, -0.2) is 50.1 Å². The van der Waals surface area contributed by atoms with Gasteiger partial charge in [-0.05, 0) is 0 Å². The van der Waals surface area contributed by atoms with Crippen molar-refractivity contribution in [2.24, 2.45) is 5.92 Å². The van der Waals surface area contributed by atoms with Crippen LogP contribution in [-0.2, 0) is 11.3 Å². The van der Waals surface area contributed by atoms with E-state index in [4.69, 9.17) is 16.3 Å². The molecule has 2 aromatic carbocycles. The molecular weight excluding hydrogens is 478 g/mol. The third-order valence-corrected chi connectivity index (χ3v) is 7.51. The van der Waals surface area contributed by atoms with E-state index in [-0.39, 0.29) is 50.0 Å². The van der Waals surface area contributed by atoms with Crippen LogP contribution < -0.4 is 39.4 Å². The van der Waals surface area contributed by atoms with E-state index in [1.807, 2.05) is 31.3 Å². The number of halogens is 1. The first-order chi connectivity index (χ1) is 14.0. The molecule has 0 unspecified atom stereocenters. The molecule has 4 rings (SSSR count). The second-order valence-electron chi connectivity index (χ2n) is 7.01. The zero-order valence-electron chi connectivity index (χ0n) is 16.9. The minimum absolute atomic E-state index is 0. The summed E-state index contributed by atoms with van der Waals surface area (Å²) in [5, 5.41) is 11.4. The molecule has 1 saturated heterocycles. The number of carboxylic acids is 1. The van der Waals surface area contributed by atoms with Crippen LogP contribution >= 0.6 is 11.6 Å². The summed E-state index contributed by atoms with van der Waals surface area (Å²) >= 11 is 6.42. The van der Waals surface area contributed by atoms with Gasteiger partial charge in [0.25, 0.3) is 0 Å². The van der Waals surface area contributed by atoms with E-state index in [0.717, 1.165) is 16.7 Å². The number of hydrogen-bond acceptors (Lipinski definition) is 5. The van der Waals surface area contributed by atoms with Crippen LogP contribution in [0.5, 0.6) is 5.75 Å². The van der Waals surface area contributed by atoms with Gasteiger partial charge in [0.05, 0.1) is 0 Å². The van der Waals surface area contributed by atoms with Gasteiger partial charge < -0.3 is 0 Å². The Kier molecular flexibility index (Phi) is 8.22. The first-order valence-corrected chi connectivity index (χ1v) is 11.5. The summed E-state index contributed by atoms with van der Waals surface area (Å²) < 4.78 is 7.78. The molecule has 8 heteroatoms. The molecule has 0 aliphatic carbocycles. The van der Waals surface area contributed by atoms with E-state index < -0.39 is 5.97 Å². The van der Waals surface area contributed by atoms with Gasteiger partial charge in [0.2, 0.25) is 0 Å². The van der Waals surface area contributed by atoms with Crippen LogP contribution in [0.25, 0.3) is 20.1 Å². The van der Waals surface area contributed by atoms with E-state index in [9.17, 15) is 9.90 Å². The summed E-state index contributed by atoms with van der Waals surface area (Å²) in [7, 11) is 0. The number of rotatable bonds is 7. The number of aliphatic carboxylic acids is 1. The fourth-order valence-electron chi connectivity index (χ4n) is 3.33. The molecule has 1 aliphatic heterocycles. The molecular formula is C22H20ClN2NaO3Se. The molecule has 1 aliphatic rings. The molecule has 0 saturated carbocycles. The molecule has 1 fully saturated rings. The molecule has 0 radical (unpaired) electrons. The summed E-state index contributed by atoms with van der Waals surface area (Å²) in [5.74, 6) is -0.579. The topological polar surface area (TPSA) is 65.5 Å². The second kappa shape index (κ2) is 10.5. The van der Waals surface area contributed by atoms with Crippen molar-refractivity contribution in [2.75, 3.05) is 19.7 Å². The Bertz CT molecular complexity index is 1020. The zero-order valence-corrected chi connectivity index (χ0v) is 21.4. The number of carbonyl (C=O) groups is 1. The molecule has 5 nitrogen and oxygen atoms in total. The molecule has 30 heavy (non-hydrogen) atoms. The van der Waals surface area contributed by atoms with Gasteiger partial charge in [-0.2, -0.15) is 0 Å². The fourth-order valence-corrected chi connectivity index (χ4v) is 5.49. The summed E-state index contributed by atoms with van der Waals surface area (Å²) in [6.45, 7) is 4.42. The van der Waals surface area contributed by atoms with Crippen molar-refractivity contribution < 1.29 is 44.2 Å². The molecule has 150 valence electrons. The van der Waals surface area contributed by atoms with Crippen molar-refractivity contribution in [3.05, 3.63) is 59.2 Å². The van der Waals surface area contributed by atoms with Gasteiger partial charge >= 0.3 is 210 Å². The maximum absolute atomic E-state index is 10.8. The summed E-state index contributed by atoms with van der Waals surface area (Å²) in [6, 6.07) is 14.2. The number of likely N-dealkylation sites (tertiary alicyclic amines) is 1. The van der Waals surface area contributed by atoms with Gasteiger partial charge in [-0.1, -0.05) is 0 Å². The van der Waals surface area contributed by atoms with Crippen molar-refractivity contribution in [3.63, 3.8) is 0 Å². The standard InChI is InChI=1S/C22H21ClN2O3Se.Na/c1-2-28-19-8-7-16(9-18(19)23)21-24-10-20(29-21)15-5-3-14(4-6-15)11-25-12-17(13-25)22(26)27;/h3-10,17H,2,11-13H2,1H3,(H,26,27);/q;+1/p-1. The van der Waals surface area contributed by atoms with E-state index in [2.05, 4.69) is 34.1 Å². The Labute approximate surface area is 209 Å². The summed E-state index contributed by atoms with van der Waals surface area (Å²) in [5.41, 5.74) is 3.37. The monoisotopic (exact) mass is 498 g/mol. The van der Waals surface area contributed by atoms with Crippen LogP contribution in [0.2, 0.25) is 5.02 Å². The van der Waals surface area contributed by atoms with Crippen LogP contribution in [0, 0.1) is 5.92 Å². The Morgan fingerprint density at radius 2 is 1.93 bits per heavy atom. The smallest absolute Gasteiger partial charge is 1.00 e. The van der Waals surface area contributed by atoms with Crippen molar-refractivity contribution in [2.45, 2.75) is 13.5 Å². The van der Waals surface area contributed by atoms with Crippen molar-refractivity contribution >= 4 is 32.1 Å². The number of ether oxygens (including phenoxy) is 1. The number of hydrogen-bond donors (Lipinski definition) is 0. The zero-order chi connectivity index (χ0) is 20.4. The van der Waals surface area contributed by atoms with Gasteiger partial charge in [0.1, 0.15) is 0 Å². The van der Waals surface area contributed by atoms with Crippen LogP contribution in [0.15, 0.2) is 48.7 Å². The van der Waals surface area contributed by atoms with Crippen LogP contribution in [0.1, 0.15) is 12.5 Å². The van der Waals surface area contributed by atoms with Gasteiger partial charge in [0.15, 0.2) is 0 Å². The van der Waals surface area contributed by atoms with E-state index in [0.29, 0.717) is 30.5 Å². The molecule has 2 heterocycles. The van der Waals surface area contributed by atoms with Crippen LogP contribution in [0.4, 0.5) is 0 Å². The average Bonchev–Trinajstić information content (AvgIpc) is 3.16. The van der Waals surface area contributed by atoms with Crippen LogP contribution in [0.3, 0.4) is 0 Å². The maximum atomic E-state index is 10.8. The van der Waals surface area contributed by atoms with Crippen molar-refractivity contribution in [1.82, 2.24) is 9.88 Å². The number of benzene rings is 2. The largest absolute Gasteiger partial charge is 1.00 e. The van der Waals surface area contributed by atoms with Gasteiger partial charge in [-0.15, -0.1) is 0 Å². The van der Waals surface area contributed by atoms with Gasteiger partial charge in [-0.25, -0.2) is 0 Å². The van der Waals surface area contributed by atoms with E-state index in [1.54, 1.807) is 0 Å². The molecule has 0 amide bonds. The number of aromatic nitrogens is 1. The predicted molar refractivity (Wildman–Crippen MR) is 112 cm³/mol. The second-order valence-corrected chi connectivity index (χ2v) is 9.58. The minimum Gasteiger partial charge on any atom is 1.00 e. The maximum Gasteiger partial charge on any atom is 1.00 e. The van der Waals surface area contributed by atoms with Gasteiger partial charge in [-0.3, -0.25) is 0 Å². The summed E-state index contributed by atoms with van der Waals surface area (Å²) in [4.78, 5) is 17.5. The van der Waals surface area contributed by atoms with Crippen molar-refractivity contribution in [3.8, 4) is 25.9 Å². The quantitative estimate of drug-likeness (QED) is 0.420. The average molecular weight is 498 g/mol. The Morgan fingerprint density at radius 1 is 1.23 bits per heavy atom. The molecule has 0 spiro atoms. The Balaban J connectivity index is 0.00000256. The molecule has 0 bridgehead atoms. The molecule has 1 aromatic heterocycles. The SMILES string of the molecule is CCOc1ccc(-c2ncc(-c3ccc(CN4CC(C(=O)[O-])C4)cc3)[se]2)cc1Cl.[Na+]. The first kappa shape index (κ1) is 23.6. The number of nitrogens with zero attached hydrogens (tertiary/aromatic N) is 2. The number of carbonyl (C=O) groups excluding carboxylic acids is 1. The number of carboxylic acid groups (broad SMARTS) is 1. The fraction of sp³-hybridized carbons (Fsp3) is 0.273. The normalized spacial score (nSPS) is 14.1. The van der Waals surface area contributed by atoms with E-state index >= 15 is 0 Å². The Morgan fingerprint density at radius 3 is 2.57 bits per heavy atom. The van der Waals surface area contributed by atoms with Crippen molar-refractivity contribution in [1.29, 1.82) is 0 Å². The van der Waals surface area contributed by atoms with E-state index in [1.165, 1.54) is 15.6 Å². The summed E-state index contributed by atoms with van der Waals surface area (Å²) in [6.07, 6.45) is 1.94. The molecule has 0 atom stereocenters. The minimum atomic E-state index is -0.948. The van der Waals surface area contributed by atoms with Gasteiger partial charge in [0, 0.05) is 0 Å². The molecule has 3 aromatic rings. The third-order valence-electron chi connectivity index (χ3n) is 4.92. The first-order valence-electron chi connectivity index (χ1n) is 9.44. The Hall–Kier alpha value is -1.11. The third kappa shape index (κ3) is 5.38. The predicted octanol–water partition coefficient (Wildman–Crippen LogP) is -0.290.